The third kappa shape index (κ3) is 3.99. The Morgan fingerprint density at radius 1 is 1.38 bits per heavy atom. The average molecular weight is 246 g/mol. The molecule has 90 valence electrons. The van der Waals surface area contributed by atoms with Crippen molar-refractivity contribution in [2.24, 2.45) is 0 Å². The Kier molecular flexibility index (Phi) is 5.03. The van der Waals surface area contributed by atoms with Crippen LogP contribution in [-0.4, -0.2) is 18.7 Å². The second-order valence-electron chi connectivity index (χ2n) is 4.04. The predicted molar refractivity (Wildman–Crippen MR) is 64.6 cm³/mol. The molecule has 1 N–H and O–H groups in total. The zero-order valence-corrected chi connectivity index (χ0v) is 10.5. The molecule has 0 spiro atoms. The number of nitrogens with one attached hydrogen (secondary N) is 1. The van der Waals surface area contributed by atoms with Crippen LogP contribution < -0.4 is 10.1 Å². The van der Waals surface area contributed by atoms with Gasteiger partial charge < -0.3 is 10.1 Å². The van der Waals surface area contributed by atoms with Crippen LogP contribution in [0, 0.1) is 5.82 Å². The number of hydrogen-bond acceptors (Lipinski definition) is 2. The van der Waals surface area contributed by atoms with Crippen molar-refractivity contribution in [2.75, 3.05) is 6.54 Å². The van der Waals surface area contributed by atoms with E-state index in [-0.39, 0.29) is 16.9 Å². The summed E-state index contributed by atoms with van der Waals surface area (Å²) in [5.74, 6) is -0.300. The number of rotatable bonds is 5. The van der Waals surface area contributed by atoms with E-state index in [4.69, 9.17) is 16.3 Å². The molecule has 0 saturated heterocycles. The van der Waals surface area contributed by atoms with E-state index in [1.165, 1.54) is 6.07 Å². The van der Waals surface area contributed by atoms with Gasteiger partial charge in [-0.3, -0.25) is 0 Å². The lowest BCUT2D eigenvalue weighted by Crippen LogP contribution is -2.33. The molecule has 2 nitrogen and oxygen atoms in total. The summed E-state index contributed by atoms with van der Waals surface area (Å²) in [6, 6.07) is 5.13. The molecule has 0 amide bonds. The molecular formula is C12H17ClFNO. The van der Waals surface area contributed by atoms with Crippen LogP contribution in [-0.2, 0) is 0 Å². The molecule has 0 aliphatic heterocycles. The number of ether oxygens (including phenoxy) is 1. The summed E-state index contributed by atoms with van der Waals surface area (Å²) in [6.45, 7) is 6.65. The van der Waals surface area contributed by atoms with Crippen molar-refractivity contribution in [3.8, 4) is 5.75 Å². The van der Waals surface area contributed by atoms with Gasteiger partial charge >= 0.3 is 0 Å². The average Bonchev–Trinajstić information content (AvgIpc) is 2.22. The molecule has 0 radical (unpaired) electrons. The van der Waals surface area contributed by atoms with E-state index in [1.54, 1.807) is 12.1 Å². The van der Waals surface area contributed by atoms with Crippen LogP contribution in [0.25, 0.3) is 0 Å². The molecule has 0 aliphatic carbocycles. The predicted octanol–water partition coefficient (Wildman–Crippen LogP) is 3.24. The van der Waals surface area contributed by atoms with E-state index in [0.29, 0.717) is 12.6 Å². The molecule has 0 heterocycles. The SMILES string of the molecule is CC(C)NCC(C)Oc1cccc(Cl)c1F. The van der Waals surface area contributed by atoms with Crippen molar-refractivity contribution in [3.63, 3.8) is 0 Å². The highest BCUT2D eigenvalue weighted by molar-refractivity contribution is 6.30. The summed E-state index contributed by atoms with van der Waals surface area (Å²) in [5.41, 5.74) is 0. The summed E-state index contributed by atoms with van der Waals surface area (Å²) in [4.78, 5) is 0. The van der Waals surface area contributed by atoms with Gasteiger partial charge in [0.1, 0.15) is 6.10 Å². The topological polar surface area (TPSA) is 21.3 Å². The third-order valence-corrected chi connectivity index (χ3v) is 2.35. The quantitative estimate of drug-likeness (QED) is 0.860. The minimum atomic E-state index is -0.499. The molecular weight excluding hydrogens is 229 g/mol. The van der Waals surface area contributed by atoms with Gasteiger partial charge in [-0.05, 0) is 19.1 Å². The van der Waals surface area contributed by atoms with Crippen molar-refractivity contribution < 1.29 is 9.13 Å². The van der Waals surface area contributed by atoms with Gasteiger partial charge in [-0.2, -0.15) is 0 Å². The summed E-state index contributed by atoms with van der Waals surface area (Å²) in [7, 11) is 0. The fraction of sp³-hybridized carbons (Fsp3) is 0.500. The van der Waals surface area contributed by atoms with E-state index in [9.17, 15) is 4.39 Å². The standard InChI is InChI=1S/C12H17ClFNO/c1-8(2)15-7-9(3)16-11-6-4-5-10(13)12(11)14/h4-6,8-9,15H,7H2,1-3H3. The zero-order chi connectivity index (χ0) is 12.1. The maximum atomic E-state index is 13.5. The maximum absolute atomic E-state index is 13.5. The van der Waals surface area contributed by atoms with Crippen LogP contribution in [0.15, 0.2) is 18.2 Å². The minimum Gasteiger partial charge on any atom is -0.486 e. The Labute approximate surface area is 101 Å². The Balaban J connectivity index is 2.56. The Bertz CT molecular complexity index is 344. The van der Waals surface area contributed by atoms with Gasteiger partial charge in [-0.15, -0.1) is 0 Å². The first kappa shape index (κ1) is 13.3. The van der Waals surface area contributed by atoms with Crippen LogP contribution >= 0.6 is 11.6 Å². The Morgan fingerprint density at radius 2 is 2.06 bits per heavy atom. The fourth-order valence-electron chi connectivity index (χ4n) is 1.24. The molecule has 0 saturated carbocycles. The molecule has 1 rings (SSSR count). The van der Waals surface area contributed by atoms with E-state index in [1.807, 2.05) is 20.8 Å². The molecule has 0 aromatic heterocycles. The second-order valence-corrected chi connectivity index (χ2v) is 4.45. The minimum absolute atomic E-state index is 0.0847. The van der Waals surface area contributed by atoms with Crippen LogP contribution in [0.4, 0.5) is 4.39 Å². The van der Waals surface area contributed by atoms with E-state index in [0.717, 1.165) is 0 Å². The van der Waals surface area contributed by atoms with Gasteiger partial charge in [0.05, 0.1) is 5.02 Å². The monoisotopic (exact) mass is 245 g/mol. The molecule has 4 heteroatoms. The van der Waals surface area contributed by atoms with Crippen molar-refractivity contribution in [1.29, 1.82) is 0 Å². The van der Waals surface area contributed by atoms with Gasteiger partial charge in [0.25, 0.3) is 0 Å². The van der Waals surface area contributed by atoms with E-state index >= 15 is 0 Å². The van der Waals surface area contributed by atoms with Crippen molar-refractivity contribution >= 4 is 11.6 Å². The summed E-state index contributed by atoms with van der Waals surface area (Å²) in [5, 5.41) is 3.30. The molecule has 1 aromatic rings. The van der Waals surface area contributed by atoms with Crippen LogP contribution in [0.1, 0.15) is 20.8 Å². The second kappa shape index (κ2) is 6.06. The van der Waals surface area contributed by atoms with Crippen molar-refractivity contribution in [2.45, 2.75) is 32.9 Å². The first-order chi connectivity index (χ1) is 7.50. The lowest BCUT2D eigenvalue weighted by molar-refractivity contribution is 0.204. The molecule has 1 unspecified atom stereocenters. The molecule has 0 bridgehead atoms. The Morgan fingerprint density at radius 3 is 2.69 bits per heavy atom. The first-order valence-electron chi connectivity index (χ1n) is 5.34. The number of benzene rings is 1. The lowest BCUT2D eigenvalue weighted by atomic mass is 10.3. The first-order valence-corrected chi connectivity index (χ1v) is 5.72. The molecule has 0 aliphatic rings. The van der Waals surface area contributed by atoms with Crippen molar-refractivity contribution in [3.05, 3.63) is 29.0 Å². The van der Waals surface area contributed by atoms with Crippen LogP contribution in [0.3, 0.4) is 0 Å². The van der Waals surface area contributed by atoms with Crippen LogP contribution in [0.2, 0.25) is 5.02 Å². The summed E-state index contributed by atoms with van der Waals surface area (Å²) >= 11 is 5.65. The van der Waals surface area contributed by atoms with Gasteiger partial charge in [0, 0.05) is 12.6 Å². The van der Waals surface area contributed by atoms with Gasteiger partial charge in [0.15, 0.2) is 11.6 Å². The third-order valence-electron chi connectivity index (χ3n) is 2.06. The normalized spacial score (nSPS) is 12.9. The van der Waals surface area contributed by atoms with Gasteiger partial charge in [0.2, 0.25) is 0 Å². The molecule has 16 heavy (non-hydrogen) atoms. The van der Waals surface area contributed by atoms with E-state index < -0.39 is 5.82 Å². The lowest BCUT2D eigenvalue weighted by Gasteiger charge is -2.17. The highest BCUT2D eigenvalue weighted by Crippen LogP contribution is 2.24. The van der Waals surface area contributed by atoms with Gasteiger partial charge in [-0.1, -0.05) is 31.5 Å². The number of hydrogen-bond donors (Lipinski definition) is 1. The molecule has 1 aromatic carbocycles. The largest absolute Gasteiger partial charge is 0.486 e. The van der Waals surface area contributed by atoms with Gasteiger partial charge in [-0.25, -0.2) is 4.39 Å². The van der Waals surface area contributed by atoms with Crippen molar-refractivity contribution in [1.82, 2.24) is 5.32 Å². The smallest absolute Gasteiger partial charge is 0.183 e. The Hall–Kier alpha value is -0.800. The highest BCUT2D eigenvalue weighted by Gasteiger charge is 2.11. The maximum Gasteiger partial charge on any atom is 0.183 e. The highest BCUT2D eigenvalue weighted by atomic mass is 35.5. The molecule has 1 atom stereocenters. The van der Waals surface area contributed by atoms with Crippen LogP contribution in [0.5, 0.6) is 5.75 Å². The zero-order valence-electron chi connectivity index (χ0n) is 9.76. The number of halogens is 2. The van der Waals surface area contributed by atoms with E-state index in [2.05, 4.69) is 5.32 Å². The fourth-order valence-corrected chi connectivity index (χ4v) is 1.40. The molecule has 0 fully saturated rings. The summed E-state index contributed by atoms with van der Waals surface area (Å²) < 4.78 is 18.9. The summed E-state index contributed by atoms with van der Waals surface area (Å²) in [6.07, 6.45) is -0.102.